The summed E-state index contributed by atoms with van der Waals surface area (Å²) >= 11 is 0. The molecule has 1 amide bonds. The quantitative estimate of drug-likeness (QED) is 0.718. The Kier molecular flexibility index (Phi) is 4.56. The number of aliphatic hydroxyl groups is 1. The summed E-state index contributed by atoms with van der Waals surface area (Å²) < 4.78 is 9.84. The van der Waals surface area contributed by atoms with Crippen molar-refractivity contribution in [1.82, 2.24) is 4.90 Å². The molecular weight excluding hydrogens is 238 g/mol. The lowest BCUT2D eigenvalue weighted by Crippen LogP contribution is -2.54. The molecule has 0 aromatic rings. The number of piperidine rings is 1. The molecule has 0 saturated carbocycles. The number of nitrogens with zero attached hydrogens (tertiary/aromatic N) is 1. The zero-order chi connectivity index (χ0) is 13.9. The van der Waals surface area contributed by atoms with E-state index in [0.717, 1.165) is 4.90 Å². The van der Waals surface area contributed by atoms with E-state index in [1.165, 1.54) is 7.11 Å². The largest absolute Gasteiger partial charge is 0.467 e. The normalized spacial score (nSPS) is 24.6. The number of carbonyl (C=O) groups is 2. The van der Waals surface area contributed by atoms with Gasteiger partial charge in [-0.15, -0.1) is 0 Å². The molecule has 0 radical (unpaired) electrons. The molecule has 1 aliphatic heterocycles. The Morgan fingerprint density at radius 1 is 1.28 bits per heavy atom. The Bertz CT molecular complexity index is 323. The molecule has 1 saturated heterocycles. The van der Waals surface area contributed by atoms with E-state index in [1.54, 1.807) is 20.8 Å². The number of hydrogen-bond donors (Lipinski definition) is 1. The molecule has 1 aliphatic rings. The summed E-state index contributed by atoms with van der Waals surface area (Å²) in [6, 6.07) is -0.770. The van der Waals surface area contributed by atoms with Crippen LogP contribution in [0.25, 0.3) is 0 Å². The van der Waals surface area contributed by atoms with Crippen LogP contribution in [-0.2, 0) is 14.3 Å². The Hall–Kier alpha value is -1.30. The molecule has 18 heavy (non-hydrogen) atoms. The molecule has 104 valence electrons. The molecule has 6 nitrogen and oxygen atoms in total. The number of rotatable bonds is 1. The van der Waals surface area contributed by atoms with Crippen LogP contribution in [0.3, 0.4) is 0 Å². The number of hydrogen-bond acceptors (Lipinski definition) is 5. The first-order chi connectivity index (χ1) is 8.26. The molecule has 2 atom stereocenters. The van der Waals surface area contributed by atoms with E-state index in [1.807, 2.05) is 0 Å². The first kappa shape index (κ1) is 14.8. The average molecular weight is 259 g/mol. The highest BCUT2D eigenvalue weighted by Gasteiger charge is 2.40. The Balaban J connectivity index is 2.84. The minimum atomic E-state index is -1.00. The summed E-state index contributed by atoms with van der Waals surface area (Å²) in [6.07, 6.45) is -0.113. The zero-order valence-electron chi connectivity index (χ0n) is 11.3. The fraction of sp³-hybridized carbons (Fsp3) is 0.833. The minimum absolute atomic E-state index is 0.437. The monoisotopic (exact) mass is 259 g/mol. The summed E-state index contributed by atoms with van der Waals surface area (Å²) in [5.41, 5.74) is -0.672. The van der Waals surface area contributed by atoms with Crippen molar-refractivity contribution in [3.05, 3.63) is 0 Å². The number of aliphatic hydroxyl groups excluding tert-OH is 1. The van der Waals surface area contributed by atoms with Crippen LogP contribution < -0.4 is 0 Å². The molecule has 1 N–H and O–H groups in total. The lowest BCUT2D eigenvalue weighted by Gasteiger charge is -2.38. The van der Waals surface area contributed by atoms with Gasteiger partial charge in [-0.2, -0.15) is 0 Å². The van der Waals surface area contributed by atoms with Gasteiger partial charge in [0.15, 0.2) is 0 Å². The molecular formula is C12H21NO5. The van der Waals surface area contributed by atoms with Crippen LogP contribution >= 0.6 is 0 Å². The van der Waals surface area contributed by atoms with E-state index >= 15 is 0 Å². The molecule has 6 heteroatoms. The van der Waals surface area contributed by atoms with E-state index in [0.29, 0.717) is 19.3 Å². The van der Waals surface area contributed by atoms with Gasteiger partial charge < -0.3 is 14.6 Å². The van der Waals surface area contributed by atoms with Gasteiger partial charge in [0.2, 0.25) is 0 Å². The third-order valence-electron chi connectivity index (χ3n) is 2.67. The molecule has 0 unspecified atom stereocenters. The third kappa shape index (κ3) is 3.60. The predicted molar refractivity (Wildman–Crippen MR) is 63.7 cm³/mol. The number of methoxy groups -OCH3 is 1. The van der Waals surface area contributed by atoms with Crippen molar-refractivity contribution < 1.29 is 24.2 Å². The highest BCUT2D eigenvalue weighted by atomic mass is 16.6. The lowest BCUT2D eigenvalue weighted by molar-refractivity contribution is -0.155. The zero-order valence-corrected chi connectivity index (χ0v) is 11.3. The first-order valence-electron chi connectivity index (χ1n) is 6.03. The minimum Gasteiger partial charge on any atom is -0.467 e. The van der Waals surface area contributed by atoms with Crippen molar-refractivity contribution in [2.75, 3.05) is 7.11 Å². The lowest BCUT2D eigenvalue weighted by atomic mass is 10.0. The van der Waals surface area contributed by atoms with Gasteiger partial charge in [-0.3, -0.25) is 4.90 Å². The SMILES string of the molecule is COC(=O)[C@@H]1CCC[C@H](O)N1C(=O)OC(C)(C)C. The maximum Gasteiger partial charge on any atom is 0.413 e. The second-order valence-corrected chi connectivity index (χ2v) is 5.34. The molecule has 1 heterocycles. The Morgan fingerprint density at radius 3 is 2.39 bits per heavy atom. The molecule has 0 bridgehead atoms. The van der Waals surface area contributed by atoms with E-state index in [2.05, 4.69) is 4.74 Å². The second-order valence-electron chi connectivity index (χ2n) is 5.34. The van der Waals surface area contributed by atoms with Crippen molar-refractivity contribution >= 4 is 12.1 Å². The average Bonchev–Trinajstić information content (AvgIpc) is 2.25. The number of ether oxygens (including phenoxy) is 2. The fourth-order valence-corrected chi connectivity index (χ4v) is 1.91. The summed E-state index contributed by atoms with van der Waals surface area (Å²) in [6.45, 7) is 5.19. The second kappa shape index (κ2) is 5.56. The van der Waals surface area contributed by atoms with Crippen LogP contribution in [0.4, 0.5) is 4.79 Å². The Morgan fingerprint density at radius 2 is 1.89 bits per heavy atom. The Labute approximate surface area is 107 Å². The molecule has 0 aromatic carbocycles. The van der Waals surface area contributed by atoms with E-state index in [9.17, 15) is 14.7 Å². The number of amides is 1. The van der Waals surface area contributed by atoms with Crippen molar-refractivity contribution in [3.63, 3.8) is 0 Å². The number of likely N-dealkylation sites (tertiary alicyclic amines) is 1. The molecule has 0 aromatic heterocycles. The van der Waals surface area contributed by atoms with Gasteiger partial charge >= 0.3 is 12.1 Å². The van der Waals surface area contributed by atoms with Gasteiger partial charge in [0.1, 0.15) is 17.9 Å². The molecule has 1 rings (SSSR count). The van der Waals surface area contributed by atoms with Crippen LogP contribution in [0.1, 0.15) is 40.0 Å². The van der Waals surface area contributed by atoms with E-state index < -0.39 is 29.9 Å². The van der Waals surface area contributed by atoms with Crippen molar-refractivity contribution in [1.29, 1.82) is 0 Å². The standard InChI is InChI=1S/C12H21NO5/c1-12(2,3)18-11(16)13-8(10(15)17-4)6-5-7-9(13)14/h8-9,14H,5-7H2,1-4H3/t8-,9-/m0/s1. The van der Waals surface area contributed by atoms with Crippen LogP contribution in [0, 0.1) is 0 Å². The number of carbonyl (C=O) groups excluding carboxylic acids is 2. The third-order valence-corrected chi connectivity index (χ3v) is 2.67. The van der Waals surface area contributed by atoms with Crippen LogP contribution in [-0.4, -0.2) is 47.0 Å². The van der Waals surface area contributed by atoms with Gasteiger partial charge in [-0.05, 0) is 40.0 Å². The number of esters is 1. The highest BCUT2D eigenvalue weighted by Crippen LogP contribution is 2.24. The molecule has 0 aliphatic carbocycles. The van der Waals surface area contributed by atoms with E-state index in [4.69, 9.17) is 4.74 Å². The van der Waals surface area contributed by atoms with Gasteiger partial charge in [-0.1, -0.05) is 0 Å². The van der Waals surface area contributed by atoms with E-state index in [-0.39, 0.29) is 0 Å². The summed E-state index contributed by atoms with van der Waals surface area (Å²) in [5, 5.41) is 9.87. The smallest absolute Gasteiger partial charge is 0.413 e. The van der Waals surface area contributed by atoms with Crippen molar-refractivity contribution in [2.24, 2.45) is 0 Å². The summed E-state index contributed by atoms with van der Waals surface area (Å²) in [4.78, 5) is 24.7. The predicted octanol–water partition coefficient (Wildman–Crippen LogP) is 1.27. The highest BCUT2D eigenvalue weighted by molar-refractivity contribution is 5.81. The first-order valence-corrected chi connectivity index (χ1v) is 6.03. The summed E-state index contributed by atoms with van der Waals surface area (Å²) in [5.74, 6) is -0.528. The molecule has 0 spiro atoms. The molecule has 1 fully saturated rings. The van der Waals surface area contributed by atoms with Crippen LogP contribution in [0.15, 0.2) is 0 Å². The van der Waals surface area contributed by atoms with Crippen LogP contribution in [0.2, 0.25) is 0 Å². The fourth-order valence-electron chi connectivity index (χ4n) is 1.91. The van der Waals surface area contributed by atoms with Crippen molar-refractivity contribution in [3.8, 4) is 0 Å². The maximum atomic E-state index is 12.0. The van der Waals surface area contributed by atoms with Crippen LogP contribution in [0.5, 0.6) is 0 Å². The van der Waals surface area contributed by atoms with Crippen molar-refractivity contribution in [2.45, 2.75) is 57.9 Å². The van der Waals surface area contributed by atoms with Gasteiger partial charge in [0.05, 0.1) is 7.11 Å². The van der Waals surface area contributed by atoms with Gasteiger partial charge in [0, 0.05) is 0 Å². The maximum absolute atomic E-state index is 12.0. The topological polar surface area (TPSA) is 76.1 Å². The van der Waals surface area contributed by atoms with Gasteiger partial charge in [-0.25, -0.2) is 9.59 Å². The van der Waals surface area contributed by atoms with Gasteiger partial charge in [0.25, 0.3) is 0 Å². The summed E-state index contributed by atoms with van der Waals surface area (Å²) in [7, 11) is 1.26.